The van der Waals surface area contributed by atoms with Crippen molar-refractivity contribution in [3.05, 3.63) is 70.6 Å². The van der Waals surface area contributed by atoms with Crippen LogP contribution >= 0.6 is 0 Å². The van der Waals surface area contributed by atoms with E-state index in [0.29, 0.717) is 77.3 Å². The summed E-state index contributed by atoms with van der Waals surface area (Å²) in [4.78, 5) is 53.8. The Kier molecular flexibility index (Phi) is 11.3. The number of fused-ring (bicyclic) bond motifs is 6. The topological polar surface area (TPSA) is 166 Å². The highest BCUT2D eigenvalue weighted by atomic mass is 16.6. The second kappa shape index (κ2) is 16.1. The predicted molar refractivity (Wildman–Crippen MR) is 241 cm³/mol. The van der Waals surface area contributed by atoms with Gasteiger partial charge in [-0.15, -0.1) is 0 Å². The molecule has 0 radical (unpaired) electrons. The SMILES string of the molecule is CC[C@]1(O)C[C@H]2CN(CCc3c([nH]c4ccc(CNC(C)C)cc34)[C@@](C(=O)OC)(C3C=C4C(=CC3OC)N(C)[C@H]3[C@@](O)(C(=O)OC)[C@H](OC(C)=O)[C@]5(CC)C=CCN6CC[C@]43[C@@H]65)C2)C1. The number of aromatic nitrogens is 1. The first-order valence-electron chi connectivity index (χ1n) is 23.5. The van der Waals surface area contributed by atoms with E-state index in [1.54, 1.807) is 7.11 Å². The van der Waals surface area contributed by atoms with Crippen LogP contribution < -0.4 is 5.32 Å². The number of allylic oxidation sites excluding steroid dienone is 1. The average Bonchev–Trinajstić information content (AvgIpc) is 3.94. The van der Waals surface area contributed by atoms with Gasteiger partial charge < -0.3 is 44.4 Å². The number of piperidine rings is 1. The van der Waals surface area contributed by atoms with E-state index in [-0.39, 0.29) is 17.9 Å². The molecular formula is C50H69N5O9. The third kappa shape index (κ3) is 6.28. The first-order valence-corrected chi connectivity index (χ1v) is 23.5. The van der Waals surface area contributed by atoms with Crippen LogP contribution in [0.15, 0.2) is 53.8 Å². The van der Waals surface area contributed by atoms with Crippen LogP contribution in [-0.2, 0) is 51.7 Å². The lowest BCUT2D eigenvalue weighted by Gasteiger charge is -2.63. The van der Waals surface area contributed by atoms with Gasteiger partial charge in [0.1, 0.15) is 5.41 Å². The van der Waals surface area contributed by atoms with Crippen molar-refractivity contribution in [2.24, 2.45) is 22.7 Å². The van der Waals surface area contributed by atoms with Crippen molar-refractivity contribution in [3.8, 4) is 0 Å². The molecule has 4 N–H and O–H groups in total. The molecule has 12 atom stereocenters. The Hall–Kier alpha value is -4.05. The van der Waals surface area contributed by atoms with Gasteiger partial charge in [-0.1, -0.05) is 52.0 Å². The van der Waals surface area contributed by atoms with Gasteiger partial charge in [0.2, 0.25) is 5.60 Å². The Labute approximate surface area is 377 Å². The Morgan fingerprint density at radius 1 is 1.00 bits per heavy atom. The number of rotatable bonds is 10. The highest BCUT2D eigenvalue weighted by molar-refractivity contribution is 5.92. The highest BCUT2D eigenvalue weighted by Gasteiger charge is 2.81. The van der Waals surface area contributed by atoms with Gasteiger partial charge in [-0.3, -0.25) is 19.4 Å². The number of methoxy groups -OCH3 is 3. The number of ether oxygens (including phenoxy) is 4. The second-order valence-corrected chi connectivity index (χ2v) is 20.4. The van der Waals surface area contributed by atoms with Crippen molar-refractivity contribution in [2.75, 3.05) is 61.1 Å². The fourth-order valence-electron chi connectivity index (χ4n) is 14.5. The van der Waals surface area contributed by atoms with Gasteiger partial charge in [-0.25, -0.2) is 4.79 Å². The summed E-state index contributed by atoms with van der Waals surface area (Å²) in [6.45, 7) is 13.7. The highest BCUT2D eigenvalue weighted by Crippen LogP contribution is 2.70. The monoisotopic (exact) mass is 884 g/mol. The first kappa shape index (κ1) is 45.1. The largest absolute Gasteiger partial charge is 0.468 e. The van der Waals surface area contributed by atoms with Crippen LogP contribution in [-0.4, -0.2) is 150 Å². The Balaban J connectivity index is 1.32. The molecule has 1 saturated carbocycles. The number of aromatic amines is 1. The minimum atomic E-state index is -2.29. The van der Waals surface area contributed by atoms with Gasteiger partial charge in [-0.2, -0.15) is 0 Å². The van der Waals surface area contributed by atoms with E-state index in [1.807, 2.05) is 25.8 Å². The number of hydrogen-bond acceptors (Lipinski definition) is 13. The van der Waals surface area contributed by atoms with Crippen molar-refractivity contribution < 1.29 is 43.5 Å². The van der Waals surface area contributed by atoms with Crippen LogP contribution in [0.3, 0.4) is 0 Å². The lowest BCUT2D eigenvalue weighted by molar-refractivity contribution is -0.243. The number of benzene rings is 1. The molecule has 3 saturated heterocycles. The summed E-state index contributed by atoms with van der Waals surface area (Å²) >= 11 is 0. The molecule has 64 heavy (non-hydrogen) atoms. The Morgan fingerprint density at radius 3 is 2.44 bits per heavy atom. The van der Waals surface area contributed by atoms with Crippen molar-refractivity contribution >= 4 is 28.8 Å². The van der Waals surface area contributed by atoms with Gasteiger partial charge in [0, 0.05) is 105 Å². The molecule has 1 spiro atoms. The van der Waals surface area contributed by atoms with Crippen molar-refractivity contribution in [1.29, 1.82) is 0 Å². The van der Waals surface area contributed by atoms with Crippen LogP contribution in [0, 0.1) is 22.7 Å². The third-order valence-electron chi connectivity index (χ3n) is 16.9. The van der Waals surface area contributed by atoms with E-state index >= 15 is 4.79 Å². The number of H-pyrrole nitrogens is 1. The molecule has 2 bridgehead atoms. The van der Waals surface area contributed by atoms with E-state index in [1.165, 1.54) is 21.1 Å². The summed E-state index contributed by atoms with van der Waals surface area (Å²) in [5, 5.41) is 30.2. The van der Waals surface area contributed by atoms with Gasteiger partial charge >= 0.3 is 17.9 Å². The summed E-state index contributed by atoms with van der Waals surface area (Å²) in [5.74, 6) is -2.56. The molecule has 0 amide bonds. The van der Waals surface area contributed by atoms with Crippen molar-refractivity contribution in [1.82, 2.24) is 25.0 Å². The molecule has 348 valence electrons. The van der Waals surface area contributed by atoms with E-state index in [9.17, 15) is 19.8 Å². The summed E-state index contributed by atoms with van der Waals surface area (Å²) in [5.41, 5.74) is -0.765. The van der Waals surface area contributed by atoms with Crippen LogP contribution in [0.25, 0.3) is 10.9 Å². The van der Waals surface area contributed by atoms with E-state index < -0.39 is 63.6 Å². The quantitative estimate of drug-likeness (QED) is 0.153. The van der Waals surface area contributed by atoms with Crippen molar-refractivity contribution in [2.45, 2.75) is 127 Å². The fraction of sp³-hybridized carbons (Fsp3) is 0.660. The van der Waals surface area contributed by atoms with Gasteiger partial charge in [0.05, 0.1) is 32.0 Å². The molecule has 1 aromatic heterocycles. The first-order chi connectivity index (χ1) is 30.5. The molecule has 14 heteroatoms. The van der Waals surface area contributed by atoms with E-state index in [2.05, 4.69) is 76.5 Å². The number of carbonyl (C=O) groups is 3. The normalized spacial score (nSPS) is 38.8. The summed E-state index contributed by atoms with van der Waals surface area (Å²) < 4.78 is 24.3. The number of likely N-dealkylation sites (tertiary alicyclic amines) is 1. The lowest BCUT2D eigenvalue weighted by Crippen LogP contribution is -2.79. The molecule has 2 aromatic rings. The smallest absolute Gasteiger partial charge is 0.344 e. The second-order valence-electron chi connectivity index (χ2n) is 20.4. The van der Waals surface area contributed by atoms with E-state index in [0.717, 1.165) is 45.5 Å². The zero-order valence-electron chi connectivity index (χ0n) is 39.2. The summed E-state index contributed by atoms with van der Waals surface area (Å²) in [6.07, 6.45) is 9.72. The Bertz CT molecular complexity index is 2310. The number of esters is 3. The molecule has 9 rings (SSSR count). The van der Waals surface area contributed by atoms with Crippen LogP contribution in [0.1, 0.15) is 83.5 Å². The van der Waals surface area contributed by atoms with Crippen LogP contribution in [0.5, 0.6) is 0 Å². The number of nitrogens with one attached hydrogen (secondary N) is 2. The average molecular weight is 884 g/mol. The van der Waals surface area contributed by atoms with Gasteiger partial charge in [-0.05, 0) is 85.9 Å². The van der Waals surface area contributed by atoms with Crippen LogP contribution in [0.4, 0.5) is 0 Å². The molecular weight excluding hydrogens is 815 g/mol. The van der Waals surface area contributed by atoms with Gasteiger partial charge in [0.25, 0.3) is 0 Å². The van der Waals surface area contributed by atoms with Crippen LogP contribution in [0.2, 0.25) is 0 Å². The number of hydrogen-bond donors (Lipinski definition) is 4. The van der Waals surface area contributed by atoms with Crippen molar-refractivity contribution in [3.63, 3.8) is 0 Å². The maximum Gasteiger partial charge on any atom is 0.344 e. The summed E-state index contributed by atoms with van der Waals surface area (Å²) in [6, 6.07) is 5.60. The molecule has 14 nitrogen and oxygen atoms in total. The van der Waals surface area contributed by atoms with Gasteiger partial charge in [0.15, 0.2) is 6.10 Å². The minimum Gasteiger partial charge on any atom is -0.468 e. The number of aliphatic hydroxyl groups is 2. The number of carbonyl (C=O) groups excluding carboxylic acids is 3. The Morgan fingerprint density at radius 2 is 1.77 bits per heavy atom. The zero-order valence-corrected chi connectivity index (χ0v) is 39.2. The molecule has 6 heterocycles. The lowest BCUT2D eigenvalue weighted by atomic mass is 9.47. The predicted octanol–water partition coefficient (Wildman–Crippen LogP) is 4.13. The number of nitrogens with zero attached hydrogens (tertiary/aromatic N) is 3. The molecule has 7 aliphatic rings. The molecule has 4 fully saturated rings. The van der Waals surface area contributed by atoms with E-state index in [4.69, 9.17) is 18.9 Å². The molecule has 1 aromatic carbocycles. The standard InChI is InChI=1S/C50H69N5O9/c1-10-46(59)24-32-25-49(44(57)62-8,40-33(15-19-54(27-32)28-46)34-21-31(26-51-29(3)4)13-14-37(34)52-40)36-22-35-38(23-39(36)61-7)53(6)42-48(35)17-20-55-18-12-16-47(11-2,41(48)55)43(64-30(5)56)50(42,60)45(58)63-9/h12-14,16,21-23,29,32,36,39,41-43,51-52,59-60H,10-11,15,17-20,24-28H2,1-9H3/t32-,36?,39?,41+,42-,43-,46+,47-,48-,49+,50+/m1/s1. The maximum absolute atomic E-state index is 15.6. The number of likely N-dealkylation sites (N-methyl/N-ethyl adjacent to an activating group) is 1. The third-order valence-corrected chi connectivity index (χ3v) is 16.9. The molecule has 2 aliphatic carbocycles. The zero-order chi connectivity index (χ0) is 45.7. The molecule has 5 aliphatic heterocycles. The summed E-state index contributed by atoms with van der Waals surface area (Å²) in [7, 11) is 6.29. The maximum atomic E-state index is 15.6. The fourth-order valence-corrected chi connectivity index (χ4v) is 14.5. The molecule has 3 unspecified atom stereocenters. The minimum absolute atomic E-state index is 0.0822.